The molecule has 1 aromatic carbocycles. The molecule has 0 atom stereocenters. The lowest BCUT2D eigenvalue weighted by Gasteiger charge is -2.05. The summed E-state index contributed by atoms with van der Waals surface area (Å²) < 4.78 is 5.27. The molecule has 0 amide bonds. The van der Waals surface area contributed by atoms with Gasteiger partial charge in [0, 0.05) is 12.0 Å². The normalized spacial score (nSPS) is 10.9. The van der Waals surface area contributed by atoms with E-state index in [-0.39, 0.29) is 5.97 Å². The predicted octanol–water partition coefficient (Wildman–Crippen LogP) is 4.70. The Kier molecular flexibility index (Phi) is 5.12. The lowest BCUT2D eigenvalue weighted by Crippen LogP contribution is -2.03. The first kappa shape index (κ1) is 15.7. The maximum Gasteiger partial charge on any atom is 0.305 e. The van der Waals surface area contributed by atoms with Crippen LogP contribution in [0.15, 0.2) is 24.3 Å². The average Bonchev–Trinajstić information content (AvgIpc) is 2.90. The first-order valence-electron chi connectivity index (χ1n) is 7.23. The number of ether oxygens (including phenoxy) is 1. The Morgan fingerprint density at radius 3 is 2.52 bits per heavy atom. The number of aryl methyl sites for hydroxylation is 1. The van der Waals surface area contributed by atoms with Crippen LogP contribution in [0.5, 0.6) is 0 Å². The Labute approximate surface area is 130 Å². The molecule has 4 heteroatoms. The van der Waals surface area contributed by atoms with Crippen molar-refractivity contribution in [2.45, 2.75) is 46.6 Å². The van der Waals surface area contributed by atoms with Crippen LogP contribution >= 0.6 is 11.3 Å². The molecule has 0 unspecified atom stereocenters. The second-order valence-corrected chi connectivity index (χ2v) is 6.45. The van der Waals surface area contributed by atoms with Crippen molar-refractivity contribution in [3.63, 3.8) is 0 Å². The smallest absolute Gasteiger partial charge is 0.305 e. The summed E-state index contributed by atoms with van der Waals surface area (Å²) in [4.78, 5) is 17.1. The van der Waals surface area contributed by atoms with E-state index in [2.05, 4.69) is 45.0 Å². The zero-order valence-corrected chi connectivity index (χ0v) is 13.8. The van der Waals surface area contributed by atoms with Crippen LogP contribution in [0.2, 0.25) is 0 Å². The minimum atomic E-state index is -0.171. The van der Waals surface area contributed by atoms with Crippen LogP contribution in [-0.2, 0) is 16.1 Å². The Morgan fingerprint density at radius 2 is 1.95 bits per heavy atom. The fraction of sp³-hybridized carbons (Fsp3) is 0.412. The van der Waals surface area contributed by atoms with Gasteiger partial charge in [-0.1, -0.05) is 50.6 Å². The van der Waals surface area contributed by atoms with E-state index in [4.69, 9.17) is 9.72 Å². The van der Waals surface area contributed by atoms with Gasteiger partial charge in [0.15, 0.2) is 0 Å². The van der Waals surface area contributed by atoms with E-state index in [1.165, 1.54) is 5.56 Å². The molecule has 0 N–H and O–H groups in total. The Hall–Kier alpha value is -1.68. The van der Waals surface area contributed by atoms with Gasteiger partial charge in [-0.05, 0) is 12.8 Å². The fourth-order valence-corrected chi connectivity index (χ4v) is 3.12. The molecule has 0 radical (unpaired) electrons. The highest BCUT2D eigenvalue weighted by molar-refractivity contribution is 7.15. The number of benzene rings is 1. The number of carbonyl (C=O) groups excluding carboxylic acids is 1. The van der Waals surface area contributed by atoms with Crippen molar-refractivity contribution in [1.29, 1.82) is 0 Å². The van der Waals surface area contributed by atoms with Gasteiger partial charge in [0.1, 0.15) is 11.6 Å². The average molecular weight is 303 g/mol. The summed E-state index contributed by atoms with van der Waals surface area (Å²) in [6.45, 7) is 8.42. The fourth-order valence-electron chi connectivity index (χ4n) is 1.99. The number of carbonyl (C=O) groups is 1. The van der Waals surface area contributed by atoms with E-state index >= 15 is 0 Å². The highest BCUT2D eigenvalue weighted by Gasteiger charge is 2.16. The standard InChI is InChI=1S/C17H21NO2S/c1-5-15(19)20-10-14-16(11(2)3)18-17(21-14)13-8-6-12(4)7-9-13/h6-9,11H,5,10H2,1-4H3. The lowest BCUT2D eigenvalue weighted by molar-refractivity contribution is -0.144. The molecule has 0 fully saturated rings. The van der Waals surface area contributed by atoms with Crippen LogP contribution in [0.25, 0.3) is 10.6 Å². The van der Waals surface area contributed by atoms with Crippen LogP contribution in [0.4, 0.5) is 0 Å². The summed E-state index contributed by atoms with van der Waals surface area (Å²) in [6.07, 6.45) is 0.403. The quantitative estimate of drug-likeness (QED) is 0.752. The van der Waals surface area contributed by atoms with Gasteiger partial charge in [-0.2, -0.15) is 0 Å². The zero-order valence-electron chi connectivity index (χ0n) is 13.0. The molecule has 0 saturated heterocycles. The molecule has 0 aliphatic rings. The van der Waals surface area contributed by atoms with E-state index in [0.29, 0.717) is 18.9 Å². The molecule has 0 aliphatic heterocycles. The number of rotatable bonds is 5. The summed E-state index contributed by atoms with van der Waals surface area (Å²) in [6, 6.07) is 8.34. The van der Waals surface area contributed by atoms with E-state index in [0.717, 1.165) is 21.1 Å². The highest BCUT2D eigenvalue weighted by Crippen LogP contribution is 2.32. The van der Waals surface area contributed by atoms with Gasteiger partial charge in [-0.3, -0.25) is 4.79 Å². The summed E-state index contributed by atoms with van der Waals surface area (Å²) >= 11 is 1.61. The van der Waals surface area contributed by atoms with Gasteiger partial charge < -0.3 is 4.74 Å². The first-order chi connectivity index (χ1) is 10.0. The van der Waals surface area contributed by atoms with Crippen molar-refractivity contribution >= 4 is 17.3 Å². The maximum atomic E-state index is 11.3. The SMILES string of the molecule is CCC(=O)OCc1sc(-c2ccc(C)cc2)nc1C(C)C. The molecular formula is C17H21NO2S. The van der Waals surface area contributed by atoms with Gasteiger partial charge in [0.2, 0.25) is 0 Å². The number of nitrogens with zero attached hydrogens (tertiary/aromatic N) is 1. The third-order valence-electron chi connectivity index (χ3n) is 3.23. The molecule has 21 heavy (non-hydrogen) atoms. The highest BCUT2D eigenvalue weighted by atomic mass is 32.1. The van der Waals surface area contributed by atoms with Crippen LogP contribution in [0, 0.1) is 6.92 Å². The van der Waals surface area contributed by atoms with Gasteiger partial charge in [-0.25, -0.2) is 4.98 Å². The molecule has 0 saturated carbocycles. The van der Waals surface area contributed by atoms with E-state index < -0.39 is 0 Å². The lowest BCUT2D eigenvalue weighted by atomic mass is 10.1. The Morgan fingerprint density at radius 1 is 1.29 bits per heavy atom. The maximum absolute atomic E-state index is 11.3. The van der Waals surface area contributed by atoms with Crippen LogP contribution in [-0.4, -0.2) is 11.0 Å². The summed E-state index contributed by atoms with van der Waals surface area (Å²) in [7, 11) is 0. The van der Waals surface area contributed by atoms with E-state index in [1.807, 2.05) is 0 Å². The Balaban J connectivity index is 2.28. The molecule has 112 valence electrons. The summed E-state index contributed by atoms with van der Waals surface area (Å²) in [5.74, 6) is 0.144. The number of aromatic nitrogens is 1. The second-order valence-electron chi connectivity index (χ2n) is 5.36. The minimum absolute atomic E-state index is 0.171. The first-order valence-corrected chi connectivity index (χ1v) is 8.05. The van der Waals surface area contributed by atoms with Crippen molar-refractivity contribution in [1.82, 2.24) is 4.98 Å². The molecular weight excluding hydrogens is 282 g/mol. The van der Waals surface area contributed by atoms with Gasteiger partial charge in [0.05, 0.1) is 10.6 Å². The number of esters is 1. The van der Waals surface area contributed by atoms with Gasteiger partial charge in [-0.15, -0.1) is 11.3 Å². The molecule has 1 aromatic heterocycles. The third-order valence-corrected chi connectivity index (χ3v) is 4.32. The molecule has 2 rings (SSSR count). The van der Waals surface area contributed by atoms with Crippen molar-refractivity contribution in [2.24, 2.45) is 0 Å². The van der Waals surface area contributed by atoms with E-state index in [9.17, 15) is 4.79 Å². The number of thiazole rings is 1. The van der Waals surface area contributed by atoms with Crippen LogP contribution in [0.3, 0.4) is 0 Å². The van der Waals surface area contributed by atoms with Crippen molar-refractivity contribution < 1.29 is 9.53 Å². The third kappa shape index (κ3) is 3.91. The zero-order chi connectivity index (χ0) is 15.4. The van der Waals surface area contributed by atoms with Gasteiger partial charge >= 0.3 is 5.97 Å². The molecule has 2 aromatic rings. The largest absolute Gasteiger partial charge is 0.460 e. The van der Waals surface area contributed by atoms with Crippen molar-refractivity contribution in [3.05, 3.63) is 40.4 Å². The van der Waals surface area contributed by atoms with Crippen LogP contribution in [0.1, 0.15) is 49.2 Å². The second kappa shape index (κ2) is 6.85. The van der Waals surface area contributed by atoms with Gasteiger partial charge in [0.25, 0.3) is 0 Å². The molecule has 0 bridgehead atoms. The Bertz CT molecular complexity index is 614. The molecule has 3 nitrogen and oxygen atoms in total. The molecule has 0 spiro atoms. The topological polar surface area (TPSA) is 39.2 Å². The number of hydrogen-bond donors (Lipinski definition) is 0. The molecule has 1 heterocycles. The summed E-state index contributed by atoms with van der Waals surface area (Å²) in [5, 5.41) is 0.987. The predicted molar refractivity (Wildman–Crippen MR) is 86.5 cm³/mol. The van der Waals surface area contributed by atoms with Crippen molar-refractivity contribution in [3.8, 4) is 10.6 Å². The van der Waals surface area contributed by atoms with Crippen molar-refractivity contribution in [2.75, 3.05) is 0 Å². The van der Waals surface area contributed by atoms with Crippen LogP contribution < -0.4 is 0 Å². The van der Waals surface area contributed by atoms with E-state index in [1.54, 1.807) is 18.3 Å². The number of hydrogen-bond acceptors (Lipinski definition) is 4. The summed E-state index contributed by atoms with van der Waals surface area (Å²) in [5.41, 5.74) is 3.37. The molecule has 0 aliphatic carbocycles. The minimum Gasteiger partial charge on any atom is -0.460 e. The monoisotopic (exact) mass is 303 g/mol.